The summed E-state index contributed by atoms with van der Waals surface area (Å²) in [4.78, 5) is 38.4. The van der Waals surface area contributed by atoms with Crippen molar-refractivity contribution in [1.82, 2.24) is 0 Å². The van der Waals surface area contributed by atoms with Gasteiger partial charge in [0, 0.05) is 35.6 Å². The Labute approximate surface area is 167 Å². The Morgan fingerprint density at radius 2 is 1.66 bits per heavy atom. The molecular formula is C22H19N3O4. The SMILES string of the molecule is O=C(Nc1cccc(NC(=O)c2ccco2)c1)c1cccc(N2CCCC2=O)c1. The smallest absolute Gasteiger partial charge is 0.291 e. The zero-order valence-electron chi connectivity index (χ0n) is 15.6. The van der Waals surface area contributed by atoms with Gasteiger partial charge in [-0.1, -0.05) is 12.1 Å². The van der Waals surface area contributed by atoms with Gasteiger partial charge in [0.25, 0.3) is 11.8 Å². The molecule has 146 valence electrons. The van der Waals surface area contributed by atoms with Crippen LogP contribution in [0.5, 0.6) is 0 Å². The van der Waals surface area contributed by atoms with Gasteiger partial charge in [0.05, 0.1) is 6.26 Å². The summed E-state index contributed by atoms with van der Waals surface area (Å²) in [5.74, 6) is -0.398. The van der Waals surface area contributed by atoms with Crippen molar-refractivity contribution < 1.29 is 18.8 Å². The molecule has 0 atom stereocenters. The van der Waals surface area contributed by atoms with Gasteiger partial charge in [-0.25, -0.2) is 0 Å². The third kappa shape index (κ3) is 4.19. The molecule has 4 rings (SSSR count). The third-order valence-corrected chi connectivity index (χ3v) is 4.62. The Kier molecular flexibility index (Phi) is 5.11. The van der Waals surface area contributed by atoms with Crippen molar-refractivity contribution in [1.29, 1.82) is 0 Å². The molecule has 0 radical (unpaired) electrons. The van der Waals surface area contributed by atoms with Crippen LogP contribution in [0.25, 0.3) is 0 Å². The fraction of sp³-hybridized carbons (Fsp3) is 0.136. The number of carbonyl (C=O) groups is 3. The summed E-state index contributed by atoms with van der Waals surface area (Å²) in [5.41, 5.74) is 2.24. The number of hydrogen-bond acceptors (Lipinski definition) is 4. The molecule has 1 aromatic heterocycles. The van der Waals surface area contributed by atoms with E-state index in [1.807, 2.05) is 6.07 Å². The van der Waals surface area contributed by atoms with E-state index in [0.29, 0.717) is 29.9 Å². The van der Waals surface area contributed by atoms with Crippen LogP contribution in [0.15, 0.2) is 71.3 Å². The Hall–Kier alpha value is -3.87. The number of carbonyl (C=O) groups excluding carboxylic acids is 3. The highest BCUT2D eigenvalue weighted by Gasteiger charge is 2.22. The van der Waals surface area contributed by atoms with Crippen LogP contribution in [0.3, 0.4) is 0 Å². The maximum absolute atomic E-state index is 12.7. The maximum Gasteiger partial charge on any atom is 0.291 e. The zero-order chi connectivity index (χ0) is 20.2. The quantitative estimate of drug-likeness (QED) is 0.692. The van der Waals surface area contributed by atoms with E-state index in [1.165, 1.54) is 6.26 Å². The van der Waals surface area contributed by atoms with Gasteiger partial charge in [0.2, 0.25) is 5.91 Å². The molecule has 3 aromatic rings. The standard InChI is InChI=1S/C22H19N3O4/c26-20-10-3-11-25(20)18-8-1-5-15(13-18)21(27)23-16-6-2-7-17(14-16)24-22(28)19-9-4-12-29-19/h1-2,4-9,12-14H,3,10-11H2,(H,23,27)(H,24,28). The highest BCUT2D eigenvalue weighted by atomic mass is 16.3. The van der Waals surface area contributed by atoms with Crippen LogP contribution in [0.2, 0.25) is 0 Å². The Balaban J connectivity index is 1.46. The lowest BCUT2D eigenvalue weighted by molar-refractivity contribution is -0.117. The van der Waals surface area contributed by atoms with Crippen molar-refractivity contribution in [2.75, 3.05) is 22.1 Å². The fourth-order valence-corrected chi connectivity index (χ4v) is 3.21. The van der Waals surface area contributed by atoms with Crippen LogP contribution >= 0.6 is 0 Å². The van der Waals surface area contributed by atoms with Crippen LogP contribution < -0.4 is 15.5 Å². The van der Waals surface area contributed by atoms with E-state index in [4.69, 9.17) is 4.42 Å². The molecule has 2 aromatic carbocycles. The Morgan fingerprint density at radius 3 is 2.34 bits per heavy atom. The summed E-state index contributed by atoms with van der Waals surface area (Å²) < 4.78 is 5.07. The van der Waals surface area contributed by atoms with Crippen molar-refractivity contribution in [2.45, 2.75) is 12.8 Å². The van der Waals surface area contributed by atoms with Crippen molar-refractivity contribution in [2.24, 2.45) is 0 Å². The van der Waals surface area contributed by atoms with Gasteiger partial charge >= 0.3 is 0 Å². The van der Waals surface area contributed by atoms with Gasteiger partial charge in [-0.2, -0.15) is 0 Å². The second-order valence-electron chi connectivity index (χ2n) is 6.67. The first-order chi connectivity index (χ1) is 14.1. The van der Waals surface area contributed by atoms with Crippen molar-refractivity contribution >= 4 is 34.8 Å². The second kappa shape index (κ2) is 8.02. The van der Waals surface area contributed by atoms with Gasteiger partial charge in [-0.05, 0) is 55.0 Å². The van der Waals surface area contributed by atoms with Crippen LogP contribution in [0, 0.1) is 0 Å². The predicted octanol–water partition coefficient (Wildman–Crippen LogP) is 3.91. The molecular weight excluding hydrogens is 370 g/mol. The number of nitrogens with one attached hydrogen (secondary N) is 2. The zero-order valence-corrected chi connectivity index (χ0v) is 15.6. The summed E-state index contributed by atoms with van der Waals surface area (Å²) in [6.07, 6.45) is 2.79. The topological polar surface area (TPSA) is 91.7 Å². The molecule has 29 heavy (non-hydrogen) atoms. The van der Waals surface area contributed by atoms with Crippen LogP contribution in [-0.4, -0.2) is 24.3 Å². The van der Waals surface area contributed by atoms with Crippen LogP contribution in [-0.2, 0) is 4.79 Å². The highest BCUT2D eigenvalue weighted by molar-refractivity contribution is 6.06. The molecule has 0 aliphatic carbocycles. The van der Waals surface area contributed by atoms with Gasteiger partial charge in [0.15, 0.2) is 5.76 Å². The number of furan rings is 1. The first kappa shape index (κ1) is 18.5. The molecule has 2 heterocycles. The first-order valence-corrected chi connectivity index (χ1v) is 9.27. The molecule has 1 aliphatic rings. The van der Waals surface area contributed by atoms with Gasteiger partial charge in [-0.3, -0.25) is 14.4 Å². The monoisotopic (exact) mass is 389 g/mol. The summed E-state index contributed by atoms with van der Waals surface area (Å²) in [5, 5.41) is 5.54. The van der Waals surface area contributed by atoms with E-state index in [2.05, 4.69) is 10.6 Å². The van der Waals surface area contributed by atoms with E-state index in [9.17, 15) is 14.4 Å². The molecule has 7 nitrogen and oxygen atoms in total. The third-order valence-electron chi connectivity index (χ3n) is 4.62. The number of rotatable bonds is 5. The van der Waals surface area contributed by atoms with Crippen LogP contribution in [0.4, 0.5) is 17.1 Å². The number of anilines is 3. The molecule has 1 saturated heterocycles. The van der Waals surface area contributed by atoms with Gasteiger partial charge in [-0.15, -0.1) is 0 Å². The van der Waals surface area contributed by atoms with E-state index < -0.39 is 0 Å². The minimum absolute atomic E-state index is 0.0718. The molecule has 2 N–H and O–H groups in total. The number of nitrogens with zero attached hydrogens (tertiary/aromatic N) is 1. The molecule has 0 unspecified atom stereocenters. The molecule has 0 saturated carbocycles. The summed E-state index contributed by atoms with van der Waals surface area (Å²) in [6.45, 7) is 0.668. The summed E-state index contributed by atoms with van der Waals surface area (Å²) in [6, 6.07) is 17.0. The van der Waals surface area contributed by atoms with E-state index >= 15 is 0 Å². The van der Waals surface area contributed by atoms with E-state index in [1.54, 1.807) is 59.5 Å². The predicted molar refractivity (Wildman–Crippen MR) is 109 cm³/mol. The number of benzene rings is 2. The molecule has 0 bridgehead atoms. The molecule has 0 spiro atoms. The second-order valence-corrected chi connectivity index (χ2v) is 6.67. The summed E-state index contributed by atoms with van der Waals surface area (Å²) >= 11 is 0. The molecule has 7 heteroatoms. The highest BCUT2D eigenvalue weighted by Crippen LogP contribution is 2.23. The molecule has 1 aliphatic heterocycles. The van der Waals surface area contributed by atoms with Crippen LogP contribution in [0.1, 0.15) is 33.8 Å². The normalized spacial score (nSPS) is 13.4. The lowest BCUT2D eigenvalue weighted by atomic mass is 10.1. The van der Waals surface area contributed by atoms with Gasteiger partial charge in [0.1, 0.15) is 0 Å². The number of amides is 3. The van der Waals surface area contributed by atoms with Crippen molar-refractivity contribution in [3.05, 3.63) is 78.3 Å². The lowest BCUT2D eigenvalue weighted by Crippen LogP contribution is -2.24. The average molecular weight is 389 g/mol. The number of hydrogen-bond donors (Lipinski definition) is 2. The molecule has 3 amide bonds. The lowest BCUT2D eigenvalue weighted by Gasteiger charge is -2.16. The van der Waals surface area contributed by atoms with Crippen molar-refractivity contribution in [3.63, 3.8) is 0 Å². The minimum Gasteiger partial charge on any atom is -0.459 e. The Morgan fingerprint density at radius 1 is 0.897 bits per heavy atom. The van der Waals surface area contributed by atoms with E-state index in [0.717, 1.165) is 12.1 Å². The molecule has 1 fully saturated rings. The maximum atomic E-state index is 12.7. The average Bonchev–Trinajstić information content (AvgIpc) is 3.40. The van der Waals surface area contributed by atoms with Crippen molar-refractivity contribution in [3.8, 4) is 0 Å². The minimum atomic E-state index is -0.374. The van der Waals surface area contributed by atoms with E-state index in [-0.39, 0.29) is 23.5 Å². The summed E-state index contributed by atoms with van der Waals surface area (Å²) in [7, 11) is 0. The van der Waals surface area contributed by atoms with Gasteiger partial charge < -0.3 is 20.0 Å². The Bertz CT molecular complexity index is 1060. The first-order valence-electron chi connectivity index (χ1n) is 9.27. The fourth-order valence-electron chi connectivity index (χ4n) is 3.21. The largest absolute Gasteiger partial charge is 0.459 e.